The van der Waals surface area contributed by atoms with Gasteiger partial charge in [-0.1, -0.05) is 6.92 Å². The second-order valence-corrected chi connectivity index (χ2v) is 6.51. The Morgan fingerprint density at radius 3 is 2.78 bits per heavy atom. The lowest BCUT2D eigenvalue weighted by Gasteiger charge is -2.40. The molecule has 1 saturated heterocycles. The number of carbonyl (C=O) groups is 1. The standard InChI is InChI=1S/C14H26N2O2/c1-10-8-11(4-5-12(10)15)13(17)16-7-3-6-14(2,18)9-16/h10-12,18H,3-9,15H2,1-2H3. The van der Waals surface area contributed by atoms with E-state index in [4.69, 9.17) is 5.73 Å². The van der Waals surface area contributed by atoms with Crippen LogP contribution in [0.25, 0.3) is 0 Å². The molecule has 4 nitrogen and oxygen atoms in total. The van der Waals surface area contributed by atoms with Gasteiger partial charge in [0.25, 0.3) is 0 Å². The summed E-state index contributed by atoms with van der Waals surface area (Å²) < 4.78 is 0. The number of piperidine rings is 1. The monoisotopic (exact) mass is 254 g/mol. The molecule has 2 aliphatic rings. The first-order valence-corrected chi connectivity index (χ1v) is 7.16. The molecular weight excluding hydrogens is 228 g/mol. The van der Waals surface area contributed by atoms with Crippen molar-refractivity contribution in [3.05, 3.63) is 0 Å². The molecule has 2 rings (SSSR count). The molecule has 1 aliphatic carbocycles. The first-order chi connectivity index (χ1) is 8.39. The Labute approximate surface area is 110 Å². The summed E-state index contributed by atoms with van der Waals surface area (Å²) in [4.78, 5) is 14.3. The first kappa shape index (κ1) is 13.8. The van der Waals surface area contributed by atoms with Gasteiger partial charge in [0.2, 0.25) is 5.91 Å². The van der Waals surface area contributed by atoms with Gasteiger partial charge in [0, 0.05) is 25.0 Å². The van der Waals surface area contributed by atoms with E-state index in [0.29, 0.717) is 12.5 Å². The number of carbonyl (C=O) groups excluding carboxylic acids is 1. The maximum Gasteiger partial charge on any atom is 0.225 e. The minimum Gasteiger partial charge on any atom is -0.388 e. The second-order valence-electron chi connectivity index (χ2n) is 6.51. The van der Waals surface area contributed by atoms with Crippen molar-refractivity contribution in [3.8, 4) is 0 Å². The molecule has 3 N–H and O–H groups in total. The molecule has 104 valence electrons. The van der Waals surface area contributed by atoms with Crippen molar-refractivity contribution < 1.29 is 9.90 Å². The quantitative estimate of drug-likeness (QED) is 0.737. The normalized spacial score (nSPS) is 41.8. The van der Waals surface area contributed by atoms with Crippen molar-refractivity contribution in [1.82, 2.24) is 4.90 Å². The van der Waals surface area contributed by atoms with Crippen molar-refractivity contribution in [2.24, 2.45) is 17.6 Å². The van der Waals surface area contributed by atoms with Gasteiger partial charge in [0.1, 0.15) is 0 Å². The van der Waals surface area contributed by atoms with Crippen LogP contribution >= 0.6 is 0 Å². The van der Waals surface area contributed by atoms with Gasteiger partial charge in [0.05, 0.1) is 5.60 Å². The summed E-state index contributed by atoms with van der Waals surface area (Å²) in [5.41, 5.74) is 5.29. The van der Waals surface area contributed by atoms with E-state index >= 15 is 0 Å². The molecule has 1 heterocycles. The fourth-order valence-corrected chi connectivity index (χ4v) is 3.31. The number of β-amino-alcohol motifs (C(OH)–C–C–N with tert-alkyl or cyclic N) is 1. The van der Waals surface area contributed by atoms with Gasteiger partial charge in [-0.3, -0.25) is 4.79 Å². The van der Waals surface area contributed by atoms with Gasteiger partial charge in [0.15, 0.2) is 0 Å². The van der Waals surface area contributed by atoms with Crippen LogP contribution < -0.4 is 5.73 Å². The molecule has 4 unspecified atom stereocenters. The summed E-state index contributed by atoms with van der Waals surface area (Å²) in [6.45, 7) is 5.25. The summed E-state index contributed by atoms with van der Waals surface area (Å²) in [7, 11) is 0. The maximum atomic E-state index is 12.5. The number of hydrogen-bond donors (Lipinski definition) is 2. The van der Waals surface area contributed by atoms with Gasteiger partial charge in [-0.05, 0) is 44.9 Å². The molecule has 0 spiro atoms. The number of likely N-dealkylation sites (tertiary alicyclic amines) is 1. The smallest absolute Gasteiger partial charge is 0.225 e. The minimum absolute atomic E-state index is 0.119. The van der Waals surface area contributed by atoms with Gasteiger partial charge >= 0.3 is 0 Å². The molecule has 2 fully saturated rings. The van der Waals surface area contributed by atoms with E-state index in [-0.39, 0.29) is 17.9 Å². The zero-order chi connectivity index (χ0) is 13.3. The van der Waals surface area contributed by atoms with Crippen molar-refractivity contribution in [2.45, 2.75) is 57.6 Å². The van der Waals surface area contributed by atoms with Crippen LogP contribution in [0.15, 0.2) is 0 Å². The predicted octanol–water partition coefficient (Wildman–Crippen LogP) is 1.12. The molecule has 0 aromatic rings. The van der Waals surface area contributed by atoms with E-state index < -0.39 is 5.60 Å². The average molecular weight is 254 g/mol. The zero-order valence-electron chi connectivity index (χ0n) is 11.6. The number of aliphatic hydroxyl groups is 1. The topological polar surface area (TPSA) is 66.6 Å². The summed E-state index contributed by atoms with van der Waals surface area (Å²) in [5, 5.41) is 10.1. The Balaban J connectivity index is 1.95. The SMILES string of the molecule is CC1CC(C(=O)N2CCCC(C)(O)C2)CCC1N. The van der Waals surface area contributed by atoms with Crippen LogP contribution in [0.2, 0.25) is 0 Å². The number of nitrogens with two attached hydrogens (primary N) is 1. The van der Waals surface area contributed by atoms with Crippen LogP contribution in [0, 0.1) is 11.8 Å². The van der Waals surface area contributed by atoms with Gasteiger partial charge in [-0.2, -0.15) is 0 Å². The number of amides is 1. The van der Waals surface area contributed by atoms with Crippen LogP contribution in [0.4, 0.5) is 0 Å². The van der Waals surface area contributed by atoms with Gasteiger partial charge < -0.3 is 15.7 Å². The lowest BCUT2D eigenvalue weighted by Crippen LogP contribution is -2.51. The minimum atomic E-state index is -0.704. The summed E-state index contributed by atoms with van der Waals surface area (Å²) in [5.74, 6) is 0.778. The molecule has 1 aliphatic heterocycles. The summed E-state index contributed by atoms with van der Waals surface area (Å²) >= 11 is 0. The molecule has 18 heavy (non-hydrogen) atoms. The van der Waals surface area contributed by atoms with Crippen LogP contribution in [0.5, 0.6) is 0 Å². The van der Waals surface area contributed by atoms with E-state index in [0.717, 1.165) is 38.6 Å². The predicted molar refractivity (Wildman–Crippen MR) is 70.9 cm³/mol. The molecule has 1 amide bonds. The third-order valence-electron chi connectivity index (χ3n) is 4.57. The third kappa shape index (κ3) is 3.04. The van der Waals surface area contributed by atoms with Crippen LogP contribution in [0.1, 0.15) is 46.0 Å². The highest BCUT2D eigenvalue weighted by atomic mass is 16.3. The molecule has 4 heteroatoms. The number of rotatable bonds is 1. The Hall–Kier alpha value is -0.610. The summed E-state index contributed by atoms with van der Waals surface area (Å²) in [6, 6.07) is 0.249. The van der Waals surface area contributed by atoms with Crippen LogP contribution in [-0.2, 0) is 4.79 Å². The Bertz CT molecular complexity index is 317. The highest BCUT2D eigenvalue weighted by molar-refractivity contribution is 5.79. The highest BCUT2D eigenvalue weighted by Crippen LogP contribution is 2.31. The zero-order valence-corrected chi connectivity index (χ0v) is 11.6. The van der Waals surface area contributed by atoms with Crippen molar-refractivity contribution in [1.29, 1.82) is 0 Å². The Kier molecular flexibility index (Phi) is 3.97. The van der Waals surface area contributed by atoms with Crippen molar-refractivity contribution in [2.75, 3.05) is 13.1 Å². The van der Waals surface area contributed by atoms with Crippen LogP contribution in [0.3, 0.4) is 0 Å². The lowest BCUT2D eigenvalue weighted by molar-refractivity contribution is -0.143. The largest absolute Gasteiger partial charge is 0.388 e. The molecule has 0 radical (unpaired) electrons. The van der Waals surface area contributed by atoms with Crippen molar-refractivity contribution >= 4 is 5.91 Å². The lowest BCUT2D eigenvalue weighted by atomic mass is 9.78. The van der Waals surface area contributed by atoms with E-state index in [2.05, 4.69) is 6.92 Å². The first-order valence-electron chi connectivity index (χ1n) is 7.16. The fraction of sp³-hybridized carbons (Fsp3) is 0.929. The Morgan fingerprint density at radius 1 is 1.44 bits per heavy atom. The molecule has 0 aromatic heterocycles. The third-order valence-corrected chi connectivity index (χ3v) is 4.57. The van der Waals surface area contributed by atoms with Crippen molar-refractivity contribution in [3.63, 3.8) is 0 Å². The fourth-order valence-electron chi connectivity index (χ4n) is 3.31. The molecule has 1 saturated carbocycles. The van der Waals surface area contributed by atoms with E-state index in [9.17, 15) is 9.90 Å². The van der Waals surface area contributed by atoms with E-state index in [1.54, 1.807) is 0 Å². The second kappa shape index (κ2) is 5.17. The van der Waals surface area contributed by atoms with Gasteiger partial charge in [-0.15, -0.1) is 0 Å². The molecular formula is C14H26N2O2. The summed E-state index contributed by atoms with van der Waals surface area (Å²) in [6.07, 6.45) is 4.45. The van der Waals surface area contributed by atoms with E-state index in [1.165, 1.54) is 0 Å². The highest BCUT2D eigenvalue weighted by Gasteiger charge is 2.36. The van der Waals surface area contributed by atoms with E-state index in [1.807, 2.05) is 11.8 Å². The molecule has 4 atom stereocenters. The van der Waals surface area contributed by atoms with Gasteiger partial charge in [-0.25, -0.2) is 0 Å². The number of hydrogen-bond acceptors (Lipinski definition) is 3. The molecule has 0 bridgehead atoms. The Morgan fingerprint density at radius 2 is 2.17 bits per heavy atom. The maximum absolute atomic E-state index is 12.5. The average Bonchev–Trinajstić information content (AvgIpc) is 2.30. The van der Waals surface area contributed by atoms with Crippen LogP contribution in [-0.4, -0.2) is 40.6 Å². The number of nitrogens with zero attached hydrogens (tertiary/aromatic N) is 1. The molecule has 0 aromatic carbocycles.